The molecule has 0 radical (unpaired) electrons. The maximum Gasteiger partial charge on any atom is 0.254 e. The van der Waals surface area contributed by atoms with E-state index in [0.717, 1.165) is 25.7 Å². The number of amides is 1. The maximum absolute atomic E-state index is 12.8. The van der Waals surface area contributed by atoms with Crippen LogP contribution in [0.1, 0.15) is 36.0 Å². The van der Waals surface area contributed by atoms with Crippen LogP contribution in [-0.4, -0.2) is 42.4 Å². The topological polar surface area (TPSA) is 62.6 Å². The van der Waals surface area contributed by atoms with Crippen molar-refractivity contribution >= 4 is 5.91 Å². The molecule has 5 nitrogen and oxygen atoms in total. The Morgan fingerprint density at radius 3 is 2.67 bits per heavy atom. The first-order chi connectivity index (χ1) is 11.7. The van der Waals surface area contributed by atoms with Gasteiger partial charge in [0.25, 0.3) is 5.91 Å². The average molecular weight is 326 g/mol. The van der Waals surface area contributed by atoms with E-state index in [4.69, 9.17) is 9.47 Å². The molecule has 1 aromatic carbocycles. The van der Waals surface area contributed by atoms with Gasteiger partial charge in [0.15, 0.2) is 5.79 Å². The number of nitriles is 1. The van der Waals surface area contributed by atoms with Crippen molar-refractivity contribution in [3.05, 3.63) is 35.9 Å². The number of hydrogen-bond donors (Lipinski definition) is 0. The molecule has 1 aromatic rings. The summed E-state index contributed by atoms with van der Waals surface area (Å²) in [5.74, 6) is 0.151. The summed E-state index contributed by atoms with van der Waals surface area (Å²) in [6, 6.07) is 11.3. The fraction of sp³-hybridized carbons (Fsp3) is 0.579. The number of piperidine rings is 1. The minimum Gasteiger partial charge on any atom is -0.348 e. The van der Waals surface area contributed by atoms with Crippen LogP contribution in [0.15, 0.2) is 30.3 Å². The van der Waals surface area contributed by atoms with Crippen LogP contribution in [0, 0.1) is 23.2 Å². The number of hydrogen-bond acceptors (Lipinski definition) is 4. The van der Waals surface area contributed by atoms with Crippen molar-refractivity contribution in [1.29, 1.82) is 5.26 Å². The Morgan fingerprint density at radius 2 is 1.96 bits per heavy atom. The van der Waals surface area contributed by atoms with E-state index in [1.807, 2.05) is 30.3 Å². The normalized spacial score (nSPS) is 31.5. The van der Waals surface area contributed by atoms with Crippen LogP contribution in [0.3, 0.4) is 0 Å². The van der Waals surface area contributed by atoms with Gasteiger partial charge in [-0.2, -0.15) is 5.26 Å². The molecule has 1 saturated carbocycles. The lowest BCUT2D eigenvalue weighted by atomic mass is 9.69. The van der Waals surface area contributed by atoms with Gasteiger partial charge in [0.2, 0.25) is 0 Å². The van der Waals surface area contributed by atoms with Crippen LogP contribution in [0.2, 0.25) is 0 Å². The Morgan fingerprint density at radius 1 is 1.21 bits per heavy atom. The molecule has 2 aliphatic heterocycles. The van der Waals surface area contributed by atoms with Gasteiger partial charge in [0.05, 0.1) is 19.3 Å². The zero-order chi connectivity index (χ0) is 16.6. The molecule has 2 heterocycles. The van der Waals surface area contributed by atoms with Crippen molar-refractivity contribution in [2.24, 2.45) is 11.8 Å². The second-order valence-electron chi connectivity index (χ2n) is 7.00. The van der Waals surface area contributed by atoms with Crippen LogP contribution in [-0.2, 0) is 9.47 Å². The summed E-state index contributed by atoms with van der Waals surface area (Å²) >= 11 is 0. The minimum atomic E-state index is -0.424. The summed E-state index contributed by atoms with van der Waals surface area (Å²) in [6.45, 7) is 1.96. The Kier molecular flexibility index (Phi) is 4.03. The maximum atomic E-state index is 12.8. The van der Waals surface area contributed by atoms with E-state index >= 15 is 0 Å². The second-order valence-corrected chi connectivity index (χ2v) is 7.00. The predicted octanol–water partition coefficient (Wildman–Crippen LogP) is 2.58. The summed E-state index contributed by atoms with van der Waals surface area (Å²) in [6.07, 6.45) is 3.46. The lowest BCUT2D eigenvalue weighted by Gasteiger charge is -2.48. The van der Waals surface area contributed by atoms with Crippen LogP contribution in [0.4, 0.5) is 0 Å². The molecule has 24 heavy (non-hydrogen) atoms. The first-order valence-electron chi connectivity index (χ1n) is 8.76. The van der Waals surface area contributed by atoms with Crippen LogP contribution in [0.25, 0.3) is 0 Å². The molecule has 1 aliphatic carbocycles. The fourth-order valence-electron chi connectivity index (χ4n) is 4.58. The third-order valence-electron chi connectivity index (χ3n) is 5.75. The summed E-state index contributed by atoms with van der Waals surface area (Å²) < 4.78 is 11.7. The molecular weight excluding hydrogens is 304 g/mol. The van der Waals surface area contributed by atoms with Gasteiger partial charge in [-0.3, -0.25) is 4.79 Å². The predicted molar refractivity (Wildman–Crippen MR) is 87.0 cm³/mol. The van der Waals surface area contributed by atoms with E-state index < -0.39 is 5.79 Å². The molecule has 5 heteroatoms. The summed E-state index contributed by atoms with van der Waals surface area (Å²) in [5.41, 5.74) is 0.658. The van der Waals surface area contributed by atoms with Gasteiger partial charge in [-0.1, -0.05) is 18.2 Å². The third-order valence-corrected chi connectivity index (χ3v) is 5.75. The highest BCUT2D eigenvalue weighted by Crippen LogP contribution is 2.47. The zero-order valence-electron chi connectivity index (χ0n) is 13.7. The standard InChI is InChI=1S/C19H22N2O3/c20-13-17-16-6-8-19(23-10-11-24-19)12-15(16)7-9-21(17)18(22)14-4-2-1-3-5-14/h1-5,15-17H,6-12H2/t15-,16-,17-/m0/s1. The van der Waals surface area contributed by atoms with Crippen molar-refractivity contribution in [3.63, 3.8) is 0 Å². The first kappa shape index (κ1) is 15.6. The number of ether oxygens (including phenoxy) is 2. The molecular formula is C19H22N2O3. The van der Waals surface area contributed by atoms with Crippen LogP contribution in [0.5, 0.6) is 0 Å². The van der Waals surface area contributed by atoms with Crippen molar-refractivity contribution in [2.45, 2.75) is 37.5 Å². The van der Waals surface area contributed by atoms with E-state index in [1.165, 1.54) is 0 Å². The highest BCUT2D eigenvalue weighted by molar-refractivity contribution is 5.94. The molecule has 0 bridgehead atoms. The van der Waals surface area contributed by atoms with Crippen molar-refractivity contribution in [1.82, 2.24) is 4.90 Å². The highest BCUT2D eigenvalue weighted by atomic mass is 16.7. The Hall–Kier alpha value is -1.90. The second kappa shape index (κ2) is 6.19. The first-order valence-corrected chi connectivity index (χ1v) is 8.76. The number of fused-ring (bicyclic) bond motifs is 1. The number of carbonyl (C=O) groups is 1. The quantitative estimate of drug-likeness (QED) is 0.796. The lowest BCUT2D eigenvalue weighted by Crippen LogP contribution is -2.55. The van der Waals surface area contributed by atoms with E-state index in [0.29, 0.717) is 31.2 Å². The SMILES string of the molecule is N#C[C@H]1[C@H]2CCC3(C[C@@H]2CCN1C(=O)c1ccccc1)OCCO3. The molecule has 2 saturated heterocycles. The Balaban J connectivity index is 1.53. The van der Waals surface area contributed by atoms with Crippen molar-refractivity contribution in [2.75, 3.05) is 19.8 Å². The molecule has 3 aliphatic rings. The highest BCUT2D eigenvalue weighted by Gasteiger charge is 2.50. The van der Waals surface area contributed by atoms with Gasteiger partial charge in [-0.15, -0.1) is 0 Å². The molecule has 126 valence electrons. The molecule has 0 aromatic heterocycles. The van der Waals surface area contributed by atoms with Crippen molar-refractivity contribution in [3.8, 4) is 6.07 Å². The van der Waals surface area contributed by atoms with Gasteiger partial charge in [0, 0.05) is 24.9 Å². The number of likely N-dealkylation sites (tertiary alicyclic amines) is 1. The molecule has 1 amide bonds. The zero-order valence-corrected chi connectivity index (χ0v) is 13.7. The summed E-state index contributed by atoms with van der Waals surface area (Å²) in [7, 11) is 0. The fourth-order valence-corrected chi connectivity index (χ4v) is 4.58. The van der Waals surface area contributed by atoms with Crippen LogP contribution >= 0.6 is 0 Å². The van der Waals surface area contributed by atoms with Gasteiger partial charge in [-0.25, -0.2) is 0 Å². The largest absolute Gasteiger partial charge is 0.348 e. The van der Waals surface area contributed by atoms with Gasteiger partial charge in [-0.05, 0) is 36.8 Å². The van der Waals surface area contributed by atoms with Gasteiger partial charge in [0.1, 0.15) is 6.04 Å². The van der Waals surface area contributed by atoms with Crippen LogP contribution < -0.4 is 0 Å². The number of benzene rings is 1. The smallest absolute Gasteiger partial charge is 0.254 e. The van der Waals surface area contributed by atoms with Gasteiger partial charge < -0.3 is 14.4 Å². The number of nitrogens with zero attached hydrogens (tertiary/aromatic N) is 2. The van der Waals surface area contributed by atoms with E-state index in [1.54, 1.807) is 4.90 Å². The Labute approximate surface area is 142 Å². The van der Waals surface area contributed by atoms with E-state index in [-0.39, 0.29) is 17.9 Å². The molecule has 4 rings (SSSR count). The number of carbonyl (C=O) groups excluding carboxylic acids is 1. The monoisotopic (exact) mass is 326 g/mol. The van der Waals surface area contributed by atoms with Gasteiger partial charge >= 0.3 is 0 Å². The summed E-state index contributed by atoms with van der Waals surface area (Å²) in [4.78, 5) is 14.6. The third kappa shape index (κ3) is 2.60. The Bertz CT molecular complexity index is 648. The van der Waals surface area contributed by atoms with E-state index in [2.05, 4.69) is 6.07 Å². The average Bonchev–Trinajstić information content (AvgIpc) is 3.08. The molecule has 0 N–H and O–H groups in total. The number of rotatable bonds is 1. The molecule has 3 atom stereocenters. The molecule has 1 spiro atoms. The van der Waals surface area contributed by atoms with Crippen molar-refractivity contribution < 1.29 is 14.3 Å². The van der Waals surface area contributed by atoms with E-state index in [9.17, 15) is 10.1 Å². The summed E-state index contributed by atoms with van der Waals surface area (Å²) in [5, 5.41) is 9.75. The molecule has 3 fully saturated rings. The lowest BCUT2D eigenvalue weighted by molar-refractivity contribution is -0.201. The molecule has 0 unspecified atom stereocenters. The minimum absolute atomic E-state index is 0.0331.